The molecule has 0 saturated heterocycles. The summed E-state index contributed by atoms with van der Waals surface area (Å²) in [6.07, 6.45) is 3.53. The summed E-state index contributed by atoms with van der Waals surface area (Å²) in [6.45, 7) is 0. The monoisotopic (exact) mass is 185 g/mol. The first-order chi connectivity index (χ1) is 5.36. The lowest BCUT2D eigenvalue weighted by atomic mass is 10.8. The Labute approximate surface area is 72.3 Å². The molecule has 2 rings (SSSR count). The fraction of sp³-hybridized carbons (Fsp3) is 0. The van der Waals surface area contributed by atoms with Crippen LogP contribution in [0.4, 0.5) is 0 Å². The van der Waals surface area contributed by atoms with Crippen LogP contribution in [0.1, 0.15) is 0 Å². The van der Waals surface area contributed by atoms with Crippen LogP contribution in [0.15, 0.2) is 23.8 Å². The SMILES string of the molecule is Clc1csc(-n2cccn2)n1. The van der Waals surface area contributed by atoms with E-state index in [9.17, 15) is 0 Å². The molecule has 0 spiro atoms. The first kappa shape index (κ1) is 6.82. The number of nitrogens with zero attached hydrogens (tertiary/aromatic N) is 3. The van der Waals surface area contributed by atoms with Crippen LogP contribution < -0.4 is 0 Å². The van der Waals surface area contributed by atoms with Gasteiger partial charge in [0, 0.05) is 17.8 Å². The fourth-order valence-corrected chi connectivity index (χ4v) is 1.62. The van der Waals surface area contributed by atoms with Crippen molar-refractivity contribution in [1.82, 2.24) is 14.8 Å². The molecular weight excluding hydrogens is 182 g/mol. The van der Waals surface area contributed by atoms with Gasteiger partial charge in [-0.25, -0.2) is 9.67 Å². The van der Waals surface area contributed by atoms with Gasteiger partial charge in [-0.2, -0.15) is 5.10 Å². The van der Waals surface area contributed by atoms with E-state index in [-0.39, 0.29) is 0 Å². The van der Waals surface area contributed by atoms with Crippen molar-refractivity contribution in [2.75, 3.05) is 0 Å². The summed E-state index contributed by atoms with van der Waals surface area (Å²) in [5, 5.41) is 7.09. The lowest BCUT2D eigenvalue weighted by Gasteiger charge is -1.90. The van der Waals surface area contributed by atoms with Crippen molar-refractivity contribution in [3.63, 3.8) is 0 Å². The Kier molecular flexibility index (Phi) is 1.63. The number of aromatic nitrogens is 3. The summed E-state index contributed by atoms with van der Waals surface area (Å²) in [6, 6.07) is 1.84. The maximum Gasteiger partial charge on any atom is 0.211 e. The van der Waals surface area contributed by atoms with Gasteiger partial charge in [0.25, 0.3) is 0 Å². The van der Waals surface area contributed by atoms with E-state index in [4.69, 9.17) is 11.6 Å². The molecule has 0 radical (unpaired) electrons. The number of hydrogen-bond donors (Lipinski definition) is 0. The van der Waals surface area contributed by atoms with Crippen molar-refractivity contribution in [2.24, 2.45) is 0 Å². The molecule has 0 N–H and O–H groups in total. The summed E-state index contributed by atoms with van der Waals surface area (Å²) in [4.78, 5) is 4.04. The molecule has 0 saturated carbocycles. The minimum absolute atomic E-state index is 0.514. The molecule has 2 aromatic heterocycles. The van der Waals surface area contributed by atoms with E-state index in [1.54, 1.807) is 16.3 Å². The van der Waals surface area contributed by atoms with Crippen LogP contribution in [0.5, 0.6) is 0 Å². The minimum Gasteiger partial charge on any atom is -0.214 e. The third-order valence-electron chi connectivity index (χ3n) is 1.16. The Morgan fingerprint density at radius 2 is 2.45 bits per heavy atom. The van der Waals surface area contributed by atoms with E-state index in [1.165, 1.54) is 11.3 Å². The molecule has 0 aliphatic carbocycles. The Balaban J connectivity index is 2.45. The quantitative estimate of drug-likeness (QED) is 0.680. The molecule has 11 heavy (non-hydrogen) atoms. The second-order valence-electron chi connectivity index (χ2n) is 1.90. The van der Waals surface area contributed by atoms with Crippen molar-refractivity contribution in [3.05, 3.63) is 29.0 Å². The zero-order chi connectivity index (χ0) is 7.68. The topological polar surface area (TPSA) is 30.7 Å². The largest absolute Gasteiger partial charge is 0.214 e. The Morgan fingerprint density at radius 1 is 1.55 bits per heavy atom. The average Bonchev–Trinajstić information content (AvgIpc) is 2.55. The van der Waals surface area contributed by atoms with Crippen LogP contribution in [-0.2, 0) is 0 Å². The highest BCUT2D eigenvalue weighted by Gasteiger charge is 2.00. The molecule has 56 valence electrons. The second kappa shape index (κ2) is 2.64. The average molecular weight is 186 g/mol. The number of hydrogen-bond acceptors (Lipinski definition) is 3. The molecule has 0 bridgehead atoms. The highest BCUT2D eigenvalue weighted by atomic mass is 35.5. The molecule has 3 nitrogen and oxygen atoms in total. The zero-order valence-electron chi connectivity index (χ0n) is 5.44. The molecule has 0 atom stereocenters. The summed E-state index contributed by atoms with van der Waals surface area (Å²) < 4.78 is 1.68. The van der Waals surface area contributed by atoms with Crippen molar-refractivity contribution in [1.29, 1.82) is 0 Å². The van der Waals surface area contributed by atoms with E-state index in [0.29, 0.717) is 5.15 Å². The summed E-state index contributed by atoms with van der Waals surface area (Å²) >= 11 is 7.10. The van der Waals surface area contributed by atoms with Gasteiger partial charge >= 0.3 is 0 Å². The lowest BCUT2D eigenvalue weighted by Crippen LogP contribution is -1.91. The number of halogens is 1. The van der Waals surface area contributed by atoms with Crippen molar-refractivity contribution in [3.8, 4) is 5.13 Å². The van der Waals surface area contributed by atoms with E-state index >= 15 is 0 Å². The number of thiazole rings is 1. The molecule has 5 heteroatoms. The molecule has 0 aromatic carbocycles. The Morgan fingerprint density at radius 3 is 3.00 bits per heavy atom. The van der Waals surface area contributed by atoms with E-state index in [2.05, 4.69) is 10.1 Å². The predicted molar refractivity (Wildman–Crippen MR) is 44.2 cm³/mol. The van der Waals surface area contributed by atoms with Crippen LogP contribution in [0.2, 0.25) is 5.15 Å². The number of rotatable bonds is 1. The zero-order valence-corrected chi connectivity index (χ0v) is 7.01. The van der Waals surface area contributed by atoms with Gasteiger partial charge in [-0.05, 0) is 6.07 Å². The predicted octanol–water partition coefficient (Wildman–Crippen LogP) is 1.98. The molecule has 0 aliphatic heterocycles. The van der Waals surface area contributed by atoms with Gasteiger partial charge in [0.1, 0.15) is 5.15 Å². The standard InChI is InChI=1S/C6H4ClN3S/c7-5-4-11-6(9-5)10-3-1-2-8-10/h1-4H. The van der Waals surface area contributed by atoms with Crippen molar-refractivity contribution < 1.29 is 0 Å². The minimum atomic E-state index is 0.514. The van der Waals surface area contributed by atoms with Crippen LogP contribution in [0, 0.1) is 0 Å². The summed E-state index contributed by atoms with van der Waals surface area (Å²) in [5.41, 5.74) is 0. The molecular formula is C6H4ClN3S. The summed E-state index contributed by atoms with van der Waals surface area (Å²) in [5.74, 6) is 0. The first-order valence-corrected chi connectivity index (χ1v) is 4.23. The second-order valence-corrected chi connectivity index (χ2v) is 3.13. The van der Waals surface area contributed by atoms with Crippen LogP contribution in [-0.4, -0.2) is 14.8 Å². The van der Waals surface area contributed by atoms with Crippen LogP contribution in [0.3, 0.4) is 0 Å². The molecule has 0 unspecified atom stereocenters. The van der Waals surface area contributed by atoms with Crippen molar-refractivity contribution in [2.45, 2.75) is 0 Å². The molecule has 0 aliphatic rings. The van der Waals surface area contributed by atoms with E-state index in [1.807, 2.05) is 12.3 Å². The molecule has 2 heterocycles. The smallest absolute Gasteiger partial charge is 0.211 e. The highest BCUT2D eigenvalue weighted by Crippen LogP contribution is 2.16. The van der Waals surface area contributed by atoms with Gasteiger partial charge in [0.2, 0.25) is 5.13 Å². The normalized spacial score (nSPS) is 10.3. The maximum absolute atomic E-state index is 5.64. The summed E-state index contributed by atoms with van der Waals surface area (Å²) in [7, 11) is 0. The van der Waals surface area contributed by atoms with Gasteiger partial charge < -0.3 is 0 Å². The van der Waals surface area contributed by atoms with Gasteiger partial charge in [0.05, 0.1) is 0 Å². The van der Waals surface area contributed by atoms with E-state index < -0.39 is 0 Å². The molecule has 2 aromatic rings. The fourth-order valence-electron chi connectivity index (χ4n) is 0.733. The van der Waals surface area contributed by atoms with Crippen LogP contribution in [0.25, 0.3) is 5.13 Å². The third kappa shape index (κ3) is 1.27. The molecule has 0 amide bonds. The maximum atomic E-state index is 5.64. The van der Waals surface area contributed by atoms with Crippen molar-refractivity contribution >= 4 is 22.9 Å². The van der Waals surface area contributed by atoms with Gasteiger partial charge in [-0.3, -0.25) is 0 Å². The molecule has 0 fully saturated rings. The van der Waals surface area contributed by atoms with Gasteiger partial charge in [0.15, 0.2) is 0 Å². The first-order valence-electron chi connectivity index (χ1n) is 2.97. The lowest BCUT2D eigenvalue weighted by molar-refractivity contribution is 0.870. The van der Waals surface area contributed by atoms with Gasteiger partial charge in [-0.1, -0.05) is 11.6 Å². The third-order valence-corrected chi connectivity index (χ3v) is 2.32. The Bertz CT molecular complexity index is 340. The highest BCUT2D eigenvalue weighted by molar-refractivity contribution is 7.12. The Hall–Kier alpha value is -0.870. The van der Waals surface area contributed by atoms with Crippen LogP contribution >= 0.6 is 22.9 Å². The van der Waals surface area contributed by atoms with Gasteiger partial charge in [-0.15, -0.1) is 11.3 Å². The van der Waals surface area contributed by atoms with E-state index in [0.717, 1.165) is 5.13 Å².